The molecule has 0 saturated carbocycles. The van der Waals surface area contributed by atoms with Gasteiger partial charge in [-0.15, -0.1) is 0 Å². The van der Waals surface area contributed by atoms with Crippen molar-refractivity contribution < 1.29 is 14.3 Å². The quantitative estimate of drug-likeness (QED) is 0.758. The molecule has 0 aromatic heterocycles. The summed E-state index contributed by atoms with van der Waals surface area (Å²) in [6, 6.07) is 5.95. The summed E-state index contributed by atoms with van der Waals surface area (Å²) in [6.07, 6.45) is 0.436. The first-order valence-corrected chi connectivity index (χ1v) is 6.55. The van der Waals surface area contributed by atoms with Crippen molar-refractivity contribution in [1.29, 1.82) is 0 Å². The van der Waals surface area contributed by atoms with Crippen LogP contribution >= 0.6 is 0 Å². The van der Waals surface area contributed by atoms with E-state index in [1.165, 1.54) is 6.07 Å². The van der Waals surface area contributed by atoms with Crippen LogP contribution < -0.4 is 10.2 Å². The average molecular weight is 268 g/mol. The molecule has 0 aliphatic carbocycles. The molecule has 0 amide bonds. The van der Waals surface area contributed by atoms with Crippen LogP contribution in [0.1, 0.15) is 20.3 Å². The lowest BCUT2D eigenvalue weighted by atomic mass is 10.2. The lowest BCUT2D eigenvalue weighted by Gasteiger charge is -2.25. The van der Waals surface area contributed by atoms with E-state index >= 15 is 0 Å². The van der Waals surface area contributed by atoms with E-state index in [1.807, 2.05) is 18.7 Å². The van der Waals surface area contributed by atoms with E-state index in [9.17, 15) is 9.18 Å². The lowest BCUT2D eigenvalue weighted by Crippen LogP contribution is -2.40. The van der Waals surface area contributed by atoms with Gasteiger partial charge in [-0.25, -0.2) is 4.39 Å². The molecule has 19 heavy (non-hydrogen) atoms. The Morgan fingerprint density at radius 1 is 1.42 bits per heavy atom. The van der Waals surface area contributed by atoms with Crippen LogP contribution in [-0.2, 0) is 4.79 Å². The van der Waals surface area contributed by atoms with Crippen molar-refractivity contribution in [2.45, 2.75) is 26.3 Å². The highest BCUT2D eigenvalue weighted by Gasteiger charge is 2.18. The van der Waals surface area contributed by atoms with Crippen LogP contribution in [-0.4, -0.2) is 36.8 Å². The summed E-state index contributed by atoms with van der Waals surface area (Å²) in [5.41, 5.74) is 0.519. The van der Waals surface area contributed by atoms with Gasteiger partial charge in [0.2, 0.25) is 0 Å². The normalized spacial score (nSPS) is 12.2. The molecule has 0 spiro atoms. The fraction of sp³-hybridized carbons (Fsp3) is 0.500. The van der Waals surface area contributed by atoms with Gasteiger partial charge in [-0.1, -0.05) is 19.1 Å². The van der Waals surface area contributed by atoms with Gasteiger partial charge in [0.1, 0.15) is 11.9 Å². The van der Waals surface area contributed by atoms with Crippen LogP contribution in [0.2, 0.25) is 0 Å². The predicted octanol–water partition coefficient (Wildman–Crippen LogP) is 2.10. The fourth-order valence-electron chi connectivity index (χ4n) is 2.00. The second-order valence-electron chi connectivity index (χ2n) is 4.27. The molecule has 0 saturated heterocycles. The van der Waals surface area contributed by atoms with Crippen LogP contribution in [0.4, 0.5) is 10.1 Å². The zero-order valence-corrected chi connectivity index (χ0v) is 11.4. The summed E-state index contributed by atoms with van der Waals surface area (Å²) in [4.78, 5) is 12.9. The number of halogens is 1. The SMILES string of the molecule is CCNC(CCN(CC)c1ccccc1F)C(=O)O. The van der Waals surface area contributed by atoms with Crippen molar-refractivity contribution in [2.75, 3.05) is 24.5 Å². The Balaban J connectivity index is 2.67. The Bertz CT molecular complexity index is 412. The van der Waals surface area contributed by atoms with E-state index in [1.54, 1.807) is 18.2 Å². The highest BCUT2D eigenvalue weighted by Crippen LogP contribution is 2.18. The van der Waals surface area contributed by atoms with Crippen molar-refractivity contribution in [1.82, 2.24) is 5.32 Å². The van der Waals surface area contributed by atoms with Crippen LogP contribution in [0.5, 0.6) is 0 Å². The minimum atomic E-state index is -0.869. The number of carboxylic acid groups (broad SMARTS) is 1. The number of aliphatic carboxylic acids is 1. The molecular formula is C14H21FN2O2. The maximum atomic E-state index is 13.7. The number of rotatable bonds is 8. The summed E-state index contributed by atoms with van der Waals surface area (Å²) in [5.74, 6) is -1.15. The molecule has 106 valence electrons. The van der Waals surface area contributed by atoms with Crippen molar-refractivity contribution >= 4 is 11.7 Å². The van der Waals surface area contributed by atoms with E-state index in [0.717, 1.165) is 0 Å². The standard InChI is InChI=1S/C14H21FN2O2/c1-3-16-12(14(18)19)9-10-17(4-2)13-8-6-5-7-11(13)15/h5-8,12,16H,3-4,9-10H2,1-2H3,(H,18,19). The number of para-hydroxylation sites is 1. The highest BCUT2D eigenvalue weighted by atomic mass is 19.1. The van der Waals surface area contributed by atoms with E-state index < -0.39 is 12.0 Å². The number of benzene rings is 1. The molecule has 2 N–H and O–H groups in total. The van der Waals surface area contributed by atoms with Crippen molar-refractivity contribution in [3.63, 3.8) is 0 Å². The van der Waals surface area contributed by atoms with E-state index in [4.69, 9.17) is 5.11 Å². The number of hydrogen-bond donors (Lipinski definition) is 2. The second-order valence-corrected chi connectivity index (χ2v) is 4.27. The fourth-order valence-corrected chi connectivity index (χ4v) is 2.00. The number of nitrogens with zero attached hydrogens (tertiary/aromatic N) is 1. The molecule has 1 atom stereocenters. The third-order valence-electron chi connectivity index (χ3n) is 3.01. The summed E-state index contributed by atoms with van der Waals surface area (Å²) < 4.78 is 13.7. The molecule has 0 heterocycles. The van der Waals surface area contributed by atoms with Crippen LogP contribution in [0.25, 0.3) is 0 Å². The molecule has 1 aromatic rings. The first-order valence-electron chi connectivity index (χ1n) is 6.55. The molecule has 0 aliphatic rings. The van der Waals surface area contributed by atoms with Gasteiger partial charge in [0, 0.05) is 13.1 Å². The Hall–Kier alpha value is -1.62. The molecular weight excluding hydrogens is 247 g/mol. The number of anilines is 1. The minimum Gasteiger partial charge on any atom is -0.480 e. The monoisotopic (exact) mass is 268 g/mol. The number of carbonyl (C=O) groups is 1. The van der Waals surface area contributed by atoms with Gasteiger partial charge in [-0.3, -0.25) is 4.79 Å². The number of likely N-dealkylation sites (N-methyl/N-ethyl adjacent to an activating group) is 1. The maximum Gasteiger partial charge on any atom is 0.320 e. The van der Waals surface area contributed by atoms with E-state index in [-0.39, 0.29) is 5.82 Å². The highest BCUT2D eigenvalue weighted by molar-refractivity contribution is 5.73. The molecule has 1 unspecified atom stereocenters. The topological polar surface area (TPSA) is 52.6 Å². The van der Waals surface area contributed by atoms with Crippen LogP contribution in [0.3, 0.4) is 0 Å². The molecule has 4 nitrogen and oxygen atoms in total. The summed E-state index contributed by atoms with van der Waals surface area (Å²) >= 11 is 0. The lowest BCUT2D eigenvalue weighted by molar-refractivity contribution is -0.139. The van der Waals surface area contributed by atoms with Gasteiger partial charge < -0.3 is 15.3 Å². The maximum absolute atomic E-state index is 13.7. The largest absolute Gasteiger partial charge is 0.480 e. The molecule has 0 bridgehead atoms. The smallest absolute Gasteiger partial charge is 0.320 e. The summed E-state index contributed by atoms with van der Waals surface area (Å²) in [7, 11) is 0. The number of nitrogens with one attached hydrogen (secondary N) is 1. The molecule has 1 aromatic carbocycles. The van der Waals surface area contributed by atoms with Crippen LogP contribution in [0, 0.1) is 5.82 Å². The van der Waals surface area contributed by atoms with E-state index in [0.29, 0.717) is 31.7 Å². The van der Waals surface area contributed by atoms with Crippen molar-refractivity contribution in [3.05, 3.63) is 30.1 Å². The third-order valence-corrected chi connectivity index (χ3v) is 3.01. The minimum absolute atomic E-state index is 0.278. The van der Waals surface area contributed by atoms with Crippen molar-refractivity contribution in [3.8, 4) is 0 Å². The van der Waals surface area contributed by atoms with Crippen molar-refractivity contribution in [2.24, 2.45) is 0 Å². The van der Waals surface area contributed by atoms with Gasteiger partial charge in [-0.05, 0) is 32.0 Å². The first kappa shape index (κ1) is 15.4. The van der Waals surface area contributed by atoms with Gasteiger partial charge in [0.15, 0.2) is 0 Å². The molecule has 0 fully saturated rings. The first-order chi connectivity index (χ1) is 9.10. The second kappa shape index (κ2) is 7.74. The predicted molar refractivity (Wildman–Crippen MR) is 74.0 cm³/mol. The van der Waals surface area contributed by atoms with Gasteiger partial charge >= 0.3 is 5.97 Å². The Morgan fingerprint density at radius 3 is 2.63 bits per heavy atom. The molecule has 5 heteroatoms. The van der Waals surface area contributed by atoms with Gasteiger partial charge in [0.25, 0.3) is 0 Å². The molecule has 1 rings (SSSR count). The zero-order valence-electron chi connectivity index (χ0n) is 11.4. The zero-order chi connectivity index (χ0) is 14.3. The Morgan fingerprint density at radius 2 is 2.11 bits per heavy atom. The summed E-state index contributed by atoms with van der Waals surface area (Å²) in [5, 5.41) is 12.0. The third kappa shape index (κ3) is 4.52. The summed E-state index contributed by atoms with van der Waals surface area (Å²) in [6.45, 7) is 5.53. The molecule has 0 radical (unpaired) electrons. The Labute approximate surface area is 113 Å². The van der Waals surface area contributed by atoms with Gasteiger partial charge in [0.05, 0.1) is 5.69 Å². The molecule has 0 aliphatic heterocycles. The number of hydrogen-bond acceptors (Lipinski definition) is 3. The van der Waals surface area contributed by atoms with Gasteiger partial charge in [-0.2, -0.15) is 0 Å². The van der Waals surface area contributed by atoms with E-state index in [2.05, 4.69) is 5.32 Å². The Kier molecular flexibility index (Phi) is 6.29. The van der Waals surface area contributed by atoms with Crippen LogP contribution in [0.15, 0.2) is 24.3 Å². The average Bonchev–Trinajstić information content (AvgIpc) is 2.39. The number of carboxylic acids is 1.